The molecule has 2 amide bonds. The Kier molecular flexibility index (Phi) is 3.23. The molecule has 2 aliphatic rings. The predicted molar refractivity (Wildman–Crippen MR) is 75.9 cm³/mol. The fraction of sp³-hybridized carbons (Fsp3) is 0.500. The maximum atomic E-state index is 13.2. The van der Waals surface area contributed by atoms with Gasteiger partial charge < -0.3 is 11.1 Å². The highest BCUT2D eigenvalue weighted by Crippen LogP contribution is 2.53. The Labute approximate surface area is 122 Å². The molecule has 0 aromatic heterocycles. The summed E-state index contributed by atoms with van der Waals surface area (Å²) in [5.74, 6) is -0.970. The van der Waals surface area contributed by atoms with Gasteiger partial charge in [-0.3, -0.25) is 9.59 Å². The largest absolute Gasteiger partial charge is 0.369 e. The number of rotatable bonds is 3. The van der Waals surface area contributed by atoms with Crippen molar-refractivity contribution in [1.29, 1.82) is 0 Å². The van der Waals surface area contributed by atoms with Gasteiger partial charge in [-0.2, -0.15) is 0 Å². The molecule has 1 aromatic rings. The summed E-state index contributed by atoms with van der Waals surface area (Å²) in [6.07, 6.45) is 4.63. The standard InChI is InChI=1S/C16H19FN2O2/c17-12-4-1-3-11(9-12)13(20)19-16-6-2-5-15(10-16,7-8-16)14(18)21/h1,3-4,9H,2,5-8,10H2,(H2,18,21)(H,19,20)/t15-,16+/m0/s1. The summed E-state index contributed by atoms with van der Waals surface area (Å²) in [4.78, 5) is 24.1. The molecule has 2 fully saturated rings. The number of amides is 2. The molecule has 112 valence electrons. The van der Waals surface area contributed by atoms with Crippen LogP contribution < -0.4 is 11.1 Å². The first-order valence-corrected chi connectivity index (χ1v) is 7.33. The van der Waals surface area contributed by atoms with Crippen LogP contribution in [0.4, 0.5) is 4.39 Å². The number of primary amides is 1. The minimum atomic E-state index is -0.465. The number of carbonyl (C=O) groups excluding carboxylic acids is 2. The SMILES string of the molecule is NC(=O)[C@@]12CCC[C@@](NC(=O)c3cccc(F)c3)(CC1)C2. The van der Waals surface area contributed by atoms with E-state index >= 15 is 0 Å². The summed E-state index contributed by atoms with van der Waals surface area (Å²) >= 11 is 0. The molecule has 5 heteroatoms. The van der Waals surface area contributed by atoms with Crippen molar-refractivity contribution >= 4 is 11.8 Å². The van der Waals surface area contributed by atoms with E-state index < -0.39 is 11.2 Å². The summed E-state index contributed by atoms with van der Waals surface area (Å²) in [5, 5.41) is 3.03. The molecule has 0 spiro atoms. The quantitative estimate of drug-likeness (QED) is 0.895. The maximum Gasteiger partial charge on any atom is 0.251 e. The van der Waals surface area contributed by atoms with Gasteiger partial charge in [-0.05, 0) is 50.3 Å². The highest BCUT2D eigenvalue weighted by Gasteiger charge is 2.54. The summed E-state index contributed by atoms with van der Waals surface area (Å²) in [6.45, 7) is 0. The van der Waals surface area contributed by atoms with Crippen molar-refractivity contribution in [3.8, 4) is 0 Å². The molecule has 2 saturated carbocycles. The first kappa shape index (κ1) is 14.0. The number of nitrogens with one attached hydrogen (secondary N) is 1. The normalized spacial score (nSPS) is 30.9. The maximum absolute atomic E-state index is 13.2. The molecule has 0 aliphatic heterocycles. The first-order chi connectivity index (χ1) is 9.95. The molecule has 4 nitrogen and oxygen atoms in total. The minimum Gasteiger partial charge on any atom is -0.369 e. The lowest BCUT2D eigenvalue weighted by Crippen LogP contribution is -2.51. The number of carbonyl (C=O) groups is 2. The van der Waals surface area contributed by atoms with Gasteiger partial charge in [0.1, 0.15) is 5.82 Å². The second kappa shape index (κ2) is 4.83. The molecule has 3 N–H and O–H groups in total. The molecule has 0 radical (unpaired) electrons. The van der Waals surface area contributed by atoms with Crippen LogP contribution in [0, 0.1) is 11.2 Å². The Balaban J connectivity index is 1.79. The van der Waals surface area contributed by atoms with Crippen molar-refractivity contribution < 1.29 is 14.0 Å². The van der Waals surface area contributed by atoms with Crippen LogP contribution >= 0.6 is 0 Å². The van der Waals surface area contributed by atoms with Crippen LogP contribution in [0.1, 0.15) is 48.9 Å². The molecular weight excluding hydrogens is 271 g/mol. The average Bonchev–Trinajstić information content (AvgIpc) is 2.71. The van der Waals surface area contributed by atoms with Crippen LogP contribution in [0.15, 0.2) is 24.3 Å². The molecule has 21 heavy (non-hydrogen) atoms. The number of nitrogens with two attached hydrogens (primary N) is 1. The minimum absolute atomic E-state index is 0.260. The van der Waals surface area contributed by atoms with E-state index in [-0.39, 0.29) is 17.4 Å². The van der Waals surface area contributed by atoms with Gasteiger partial charge in [-0.25, -0.2) is 4.39 Å². The Bertz CT molecular complexity index is 604. The smallest absolute Gasteiger partial charge is 0.251 e. The molecule has 0 heterocycles. The molecule has 3 rings (SSSR count). The van der Waals surface area contributed by atoms with Gasteiger partial charge in [0, 0.05) is 11.1 Å². The second-order valence-electron chi connectivity index (χ2n) is 6.42. The van der Waals surface area contributed by atoms with Crippen molar-refractivity contribution in [2.45, 2.75) is 44.1 Å². The molecule has 2 bridgehead atoms. The van der Waals surface area contributed by atoms with E-state index in [0.717, 1.165) is 32.1 Å². The van der Waals surface area contributed by atoms with Gasteiger partial charge in [-0.1, -0.05) is 12.5 Å². The van der Waals surface area contributed by atoms with E-state index in [9.17, 15) is 14.0 Å². The third-order valence-electron chi connectivity index (χ3n) is 5.06. The number of fused-ring (bicyclic) bond motifs is 2. The topological polar surface area (TPSA) is 72.2 Å². The Hall–Kier alpha value is -1.91. The van der Waals surface area contributed by atoms with Gasteiger partial charge in [0.2, 0.25) is 5.91 Å². The molecule has 0 unspecified atom stereocenters. The van der Waals surface area contributed by atoms with Crippen LogP contribution in [0.25, 0.3) is 0 Å². The highest BCUT2D eigenvalue weighted by atomic mass is 19.1. The summed E-state index contributed by atoms with van der Waals surface area (Å²) in [6, 6.07) is 5.65. The van der Waals surface area contributed by atoms with Crippen LogP contribution in [-0.2, 0) is 4.79 Å². The first-order valence-electron chi connectivity index (χ1n) is 7.33. The van der Waals surface area contributed by atoms with Crippen molar-refractivity contribution in [2.24, 2.45) is 11.1 Å². The van der Waals surface area contributed by atoms with Gasteiger partial charge in [-0.15, -0.1) is 0 Å². The van der Waals surface area contributed by atoms with Gasteiger partial charge in [0.15, 0.2) is 0 Å². The Morgan fingerprint density at radius 2 is 2.00 bits per heavy atom. The fourth-order valence-corrected chi connectivity index (χ4v) is 3.94. The van der Waals surface area contributed by atoms with E-state index in [1.807, 2.05) is 0 Å². The summed E-state index contributed by atoms with van der Waals surface area (Å²) < 4.78 is 13.2. The van der Waals surface area contributed by atoms with Crippen LogP contribution in [-0.4, -0.2) is 17.4 Å². The van der Waals surface area contributed by atoms with Crippen LogP contribution in [0.3, 0.4) is 0 Å². The third kappa shape index (κ3) is 2.41. The van der Waals surface area contributed by atoms with E-state index in [2.05, 4.69) is 5.32 Å². The summed E-state index contributed by atoms with van der Waals surface area (Å²) in [7, 11) is 0. The molecule has 0 saturated heterocycles. The van der Waals surface area contributed by atoms with Crippen molar-refractivity contribution in [1.82, 2.24) is 5.32 Å². The lowest BCUT2D eigenvalue weighted by atomic mass is 9.72. The monoisotopic (exact) mass is 290 g/mol. The lowest BCUT2D eigenvalue weighted by molar-refractivity contribution is -0.128. The van der Waals surface area contributed by atoms with Crippen molar-refractivity contribution in [3.05, 3.63) is 35.6 Å². The average molecular weight is 290 g/mol. The zero-order valence-electron chi connectivity index (χ0n) is 11.8. The lowest BCUT2D eigenvalue weighted by Gasteiger charge is -2.38. The highest BCUT2D eigenvalue weighted by molar-refractivity contribution is 5.95. The van der Waals surface area contributed by atoms with Crippen LogP contribution in [0.5, 0.6) is 0 Å². The number of halogens is 1. The van der Waals surface area contributed by atoms with Crippen molar-refractivity contribution in [2.75, 3.05) is 0 Å². The molecule has 2 atom stereocenters. The van der Waals surface area contributed by atoms with Crippen LogP contribution in [0.2, 0.25) is 0 Å². The van der Waals surface area contributed by atoms with E-state index in [0.29, 0.717) is 12.0 Å². The Morgan fingerprint density at radius 1 is 1.19 bits per heavy atom. The molecule has 1 aromatic carbocycles. The van der Waals surface area contributed by atoms with Crippen molar-refractivity contribution in [3.63, 3.8) is 0 Å². The van der Waals surface area contributed by atoms with E-state index in [1.165, 1.54) is 18.2 Å². The third-order valence-corrected chi connectivity index (χ3v) is 5.06. The zero-order valence-corrected chi connectivity index (χ0v) is 11.8. The summed E-state index contributed by atoms with van der Waals surface area (Å²) in [5.41, 5.74) is 5.04. The zero-order chi connectivity index (χ0) is 15.1. The van der Waals surface area contributed by atoms with Gasteiger partial charge >= 0.3 is 0 Å². The van der Waals surface area contributed by atoms with E-state index in [4.69, 9.17) is 5.73 Å². The Morgan fingerprint density at radius 3 is 2.71 bits per heavy atom. The van der Waals surface area contributed by atoms with E-state index in [1.54, 1.807) is 6.07 Å². The number of hydrogen-bond acceptors (Lipinski definition) is 2. The second-order valence-corrected chi connectivity index (χ2v) is 6.42. The van der Waals surface area contributed by atoms with Gasteiger partial charge in [0.05, 0.1) is 5.41 Å². The predicted octanol–water partition coefficient (Wildman–Crippen LogP) is 2.13. The van der Waals surface area contributed by atoms with Gasteiger partial charge in [0.25, 0.3) is 5.91 Å². The molecular formula is C16H19FN2O2. The number of benzene rings is 1. The molecule has 2 aliphatic carbocycles. The number of hydrogen-bond donors (Lipinski definition) is 2. The fourth-order valence-electron chi connectivity index (χ4n) is 3.94.